The van der Waals surface area contributed by atoms with Crippen molar-refractivity contribution < 1.29 is 9.53 Å². The highest BCUT2D eigenvalue weighted by molar-refractivity contribution is 9.10. The van der Waals surface area contributed by atoms with Crippen LogP contribution in [0.15, 0.2) is 53.0 Å². The van der Waals surface area contributed by atoms with Gasteiger partial charge in [0.15, 0.2) is 0 Å². The molecule has 0 amide bonds. The fourth-order valence-corrected chi connectivity index (χ4v) is 2.42. The van der Waals surface area contributed by atoms with Gasteiger partial charge in [-0.2, -0.15) is 0 Å². The highest BCUT2D eigenvalue weighted by atomic mass is 79.9. The van der Waals surface area contributed by atoms with Gasteiger partial charge in [-0.15, -0.1) is 0 Å². The molecule has 2 aromatic carbocycles. The zero-order chi connectivity index (χ0) is 15.5. The zero-order valence-electron chi connectivity index (χ0n) is 12.1. The third-order valence-corrected chi connectivity index (χ3v) is 3.89. The summed E-state index contributed by atoms with van der Waals surface area (Å²) in [5.74, 6) is -0.257. The number of nitrogen functional groups attached to an aromatic ring is 1. The number of esters is 1. The Labute approximate surface area is 133 Å². The Morgan fingerprint density at radius 3 is 2.48 bits per heavy atom. The molecule has 0 aliphatic rings. The fourth-order valence-electron chi connectivity index (χ4n) is 1.97. The molecule has 0 bridgehead atoms. The van der Waals surface area contributed by atoms with Crippen LogP contribution in [0.3, 0.4) is 0 Å². The summed E-state index contributed by atoms with van der Waals surface area (Å²) in [4.78, 5) is 12.3. The SMILES string of the molecule is CC(C)(C(=O)OCc1cccc(Br)c1)c1ccc(N)cc1. The molecule has 0 aliphatic carbocycles. The average molecular weight is 348 g/mol. The third kappa shape index (κ3) is 3.85. The molecule has 21 heavy (non-hydrogen) atoms. The summed E-state index contributed by atoms with van der Waals surface area (Å²) in [5, 5.41) is 0. The second-order valence-electron chi connectivity index (χ2n) is 5.45. The van der Waals surface area contributed by atoms with Gasteiger partial charge in [-0.25, -0.2) is 0 Å². The summed E-state index contributed by atoms with van der Waals surface area (Å²) in [6.07, 6.45) is 0. The molecule has 0 heterocycles. The average Bonchev–Trinajstić information content (AvgIpc) is 2.45. The largest absolute Gasteiger partial charge is 0.460 e. The summed E-state index contributed by atoms with van der Waals surface area (Å²) >= 11 is 3.40. The molecular formula is C17H18BrNO2. The second kappa shape index (κ2) is 6.31. The normalized spacial score (nSPS) is 11.2. The van der Waals surface area contributed by atoms with Crippen LogP contribution in [0.5, 0.6) is 0 Å². The van der Waals surface area contributed by atoms with E-state index in [-0.39, 0.29) is 12.6 Å². The van der Waals surface area contributed by atoms with E-state index in [1.807, 2.05) is 50.2 Å². The van der Waals surface area contributed by atoms with Gasteiger partial charge < -0.3 is 10.5 Å². The monoisotopic (exact) mass is 347 g/mol. The molecule has 0 fully saturated rings. The van der Waals surface area contributed by atoms with Crippen molar-refractivity contribution in [2.45, 2.75) is 25.9 Å². The first-order chi connectivity index (χ1) is 9.89. The number of hydrogen-bond acceptors (Lipinski definition) is 3. The molecule has 0 unspecified atom stereocenters. The number of rotatable bonds is 4. The van der Waals surface area contributed by atoms with Crippen LogP contribution in [-0.2, 0) is 21.6 Å². The van der Waals surface area contributed by atoms with E-state index in [9.17, 15) is 4.79 Å². The minimum Gasteiger partial charge on any atom is -0.460 e. The molecule has 2 aromatic rings. The smallest absolute Gasteiger partial charge is 0.316 e. The van der Waals surface area contributed by atoms with Crippen molar-refractivity contribution in [2.75, 3.05) is 5.73 Å². The van der Waals surface area contributed by atoms with E-state index in [1.165, 1.54) is 0 Å². The highest BCUT2D eigenvalue weighted by Gasteiger charge is 2.31. The summed E-state index contributed by atoms with van der Waals surface area (Å²) in [6, 6.07) is 15.0. The summed E-state index contributed by atoms with van der Waals surface area (Å²) in [5.41, 5.74) is 7.48. The molecule has 0 aromatic heterocycles. The first kappa shape index (κ1) is 15.6. The molecular weight excluding hydrogens is 330 g/mol. The lowest BCUT2D eigenvalue weighted by molar-refractivity contribution is -0.150. The lowest BCUT2D eigenvalue weighted by Crippen LogP contribution is -2.31. The molecule has 2 N–H and O–H groups in total. The van der Waals surface area contributed by atoms with Gasteiger partial charge in [0.1, 0.15) is 6.61 Å². The number of hydrogen-bond donors (Lipinski definition) is 1. The van der Waals surface area contributed by atoms with Crippen molar-refractivity contribution in [3.8, 4) is 0 Å². The van der Waals surface area contributed by atoms with Gasteiger partial charge in [0.05, 0.1) is 5.41 Å². The first-order valence-electron chi connectivity index (χ1n) is 6.67. The van der Waals surface area contributed by atoms with E-state index in [1.54, 1.807) is 12.1 Å². The highest BCUT2D eigenvalue weighted by Crippen LogP contribution is 2.26. The van der Waals surface area contributed by atoms with Crippen LogP contribution in [0, 0.1) is 0 Å². The molecule has 0 radical (unpaired) electrons. The van der Waals surface area contributed by atoms with Crippen LogP contribution in [0.4, 0.5) is 5.69 Å². The zero-order valence-corrected chi connectivity index (χ0v) is 13.7. The first-order valence-corrected chi connectivity index (χ1v) is 7.46. The summed E-state index contributed by atoms with van der Waals surface area (Å²) in [7, 11) is 0. The predicted octanol–water partition coefficient (Wildman–Crippen LogP) is 4.05. The van der Waals surface area contributed by atoms with Crippen molar-refractivity contribution in [3.63, 3.8) is 0 Å². The Morgan fingerprint density at radius 1 is 1.19 bits per heavy atom. The van der Waals surface area contributed by atoms with Gasteiger partial charge in [-0.3, -0.25) is 4.79 Å². The van der Waals surface area contributed by atoms with E-state index in [0.717, 1.165) is 15.6 Å². The van der Waals surface area contributed by atoms with E-state index in [2.05, 4.69) is 15.9 Å². The molecule has 110 valence electrons. The number of ether oxygens (including phenoxy) is 1. The Balaban J connectivity index is 2.06. The van der Waals surface area contributed by atoms with Crippen molar-refractivity contribution in [2.24, 2.45) is 0 Å². The maximum atomic E-state index is 12.3. The molecule has 0 spiro atoms. The van der Waals surface area contributed by atoms with Crippen molar-refractivity contribution in [3.05, 3.63) is 64.1 Å². The van der Waals surface area contributed by atoms with Gasteiger partial charge in [-0.1, -0.05) is 40.2 Å². The third-order valence-electron chi connectivity index (χ3n) is 3.40. The van der Waals surface area contributed by atoms with Crippen molar-refractivity contribution in [1.82, 2.24) is 0 Å². The van der Waals surface area contributed by atoms with Gasteiger partial charge >= 0.3 is 5.97 Å². The quantitative estimate of drug-likeness (QED) is 0.670. The van der Waals surface area contributed by atoms with Crippen molar-refractivity contribution in [1.29, 1.82) is 0 Å². The molecule has 4 heteroatoms. The molecule has 0 saturated heterocycles. The number of nitrogens with two attached hydrogens (primary N) is 1. The number of carbonyl (C=O) groups excluding carboxylic acids is 1. The number of carbonyl (C=O) groups is 1. The topological polar surface area (TPSA) is 52.3 Å². The minimum absolute atomic E-state index is 0.257. The lowest BCUT2D eigenvalue weighted by Gasteiger charge is -2.23. The maximum Gasteiger partial charge on any atom is 0.316 e. The number of anilines is 1. The van der Waals surface area contributed by atoms with E-state index < -0.39 is 5.41 Å². The van der Waals surface area contributed by atoms with Crippen LogP contribution >= 0.6 is 15.9 Å². The molecule has 3 nitrogen and oxygen atoms in total. The fraction of sp³-hybridized carbons (Fsp3) is 0.235. The Bertz CT molecular complexity index is 635. The van der Waals surface area contributed by atoms with Gasteiger partial charge in [0.2, 0.25) is 0 Å². The maximum absolute atomic E-state index is 12.3. The number of benzene rings is 2. The van der Waals surface area contributed by atoms with E-state index in [4.69, 9.17) is 10.5 Å². The van der Waals surface area contributed by atoms with Crippen molar-refractivity contribution >= 4 is 27.6 Å². The van der Waals surface area contributed by atoms with Crippen LogP contribution < -0.4 is 5.73 Å². The van der Waals surface area contributed by atoms with E-state index in [0.29, 0.717) is 5.69 Å². The Kier molecular flexibility index (Phi) is 4.68. The van der Waals surface area contributed by atoms with Crippen LogP contribution in [0.1, 0.15) is 25.0 Å². The van der Waals surface area contributed by atoms with Gasteiger partial charge in [-0.05, 0) is 49.2 Å². The molecule has 0 atom stereocenters. The van der Waals surface area contributed by atoms with Crippen LogP contribution in [0.2, 0.25) is 0 Å². The van der Waals surface area contributed by atoms with E-state index >= 15 is 0 Å². The van der Waals surface area contributed by atoms with Crippen LogP contribution in [0.25, 0.3) is 0 Å². The van der Waals surface area contributed by atoms with Gasteiger partial charge in [0, 0.05) is 10.2 Å². The Hall–Kier alpha value is -1.81. The second-order valence-corrected chi connectivity index (χ2v) is 6.37. The Morgan fingerprint density at radius 2 is 1.86 bits per heavy atom. The number of halogens is 1. The molecule has 0 aliphatic heterocycles. The lowest BCUT2D eigenvalue weighted by atomic mass is 9.85. The van der Waals surface area contributed by atoms with Crippen LogP contribution in [-0.4, -0.2) is 5.97 Å². The molecule has 0 saturated carbocycles. The standard InChI is InChI=1S/C17H18BrNO2/c1-17(2,13-6-8-15(19)9-7-13)16(20)21-11-12-4-3-5-14(18)10-12/h3-10H,11,19H2,1-2H3. The molecule has 2 rings (SSSR count). The summed E-state index contributed by atoms with van der Waals surface area (Å²) < 4.78 is 6.41. The summed E-state index contributed by atoms with van der Waals surface area (Å²) in [6.45, 7) is 3.96. The predicted molar refractivity (Wildman–Crippen MR) is 87.8 cm³/mol. The van der Waals surface area contributed by atoms with Gasteiger partial charge in [0.25, 0.3) is 0 Å². The minimum atomic E-state index is -0.709.